The van der Waals surface area contributed by atoms with Gasteiger partial charge in [0.05, 0.1) is 5.92 Å². The molecular weight excluding hydrogens is 403 g/mol. The number of hydrogen-bond donors (Lipinski definition) is 0. The van der Waals surface area contributed by atoms with Crippen LogP contribution in [0.15, 0.2) is 66.2 Å². The molecule has 2 aliphatic carbocycles. The van der Waals surface area contributed by atoms with Crippen molar-refractivity contribution in [2.75, 3.05) is 0 Å². The second-order valence-electron chi connectivity index (χ2n) is 8.60. The number of alkyl halides is 3. The third-order valence-corrected chi connectivity index (χ3v) is 6.62. The van der Waals surface area contributed by atoms with Crippen molar-refractivity contribution in [3.63, 3.8) is 0 Å². The van der Waals surface area contributed by atoms with Gasteiger partial charge < -0.3 is 4.74 Å². The van der Waals surface area contributed by atoms with Crippen molar-refractivity contribution in [2.45, 2.75) is 32.5 Å². The van der Waals surface area contributed by atoms with E-state index in [4.69, 9.17) is 4.74 Å². The lowest BCUT2D eigenvalue weighted by molar-refractivity contribution is -0.151. The number of carbonyl (C=O) groups excluding carboxylic acids is 1. The Morgan fingerprint density at radius 1 is 1.19 bits per heavy atom. The summed E-state index contributed by atoms with van der Waals surface area (Å²) in [4.78, 5) is 12.6. The van der Waals surface area contributed by atoms with Gasteiger partial charge in [-0.3, -0.25) is 4.79 Å². The number of esters is 1. The zero-order valence-electron chi connectivity index (χ0n) is 17.2. The van der Waals surface area contributed by atoms with Crippen molar-refractivity contribution in [3.05, 3.63) is 82.9 Å². The normalized spacial score (nSPS) is 27.6. The number of carbonyl (C=O) groups is 1. The number of benzene rings is 2. The van der Waals surface area contributed by atoms with E-state index in [-0.39, 0.29) is 11.8 Å². The van der Waals surface area contributed by atoms with E-state index in [9.17, 15) is 23.2 Å². The lowest BCUT2D eigenvalue weighted by atomic mass is 9.95. The van der Waals surface area contributed by atoms with Crippen molar-refractivity contribution in [1.82, 2.24) is 0 Å². The second kappa shape index (κ2) is 7.56. The summed E-state index contributed by atoms with van der Waals surface area (Å²) in [6.45, 7) is 2.85. The summed E-state index contributed by atoms with van der Waals surface area (Å²) < 4.78 is 43.7. The van der Waals surface area contributed by atoms with Crippen molar-refractivity contribution >= 4 is 5.97 Å². The van der Waals surface area contributed by atoms with Crippen LogP contribution in [0.25, 0.3) is 0 Å². The van der Waals surface area contributed by atoms with E-state index in [0.29, 0.717) is 12.0 Å². The highest BCUT2D eigenvalue weighted by Crippen LogP contribution is 2.84. The molecule has 3 nitrogen and oxygen atoms in total. The Morgan fingerprint density at radius 3 is 2.45 bits per heavy atom. The predicted molar refractivity (Wildman–Crippen MR) is 109 cm³/mol. The van der Waals surface area contributed by atoms with Crippen LogP contribution < -0.4 is 0 Å². The standard InChI is InChI=1S/C25H22F3NO2/c1-15(25(26,27)28)11-19-21-22(24(19,21)2)23(30)31-20(14-29)18-10-6-9-17(13-18)12-16-7-4-3-5-8-16/h3-11,13,19-22H,12H2,1-2H3/b15-11+. The SMILES string of the molecule is C/C(=C\C1C2C(C(=O)OC(C#N)c3cccc(Cc4ccccc4)c3)C12C)C(F)(F)F. The van der Waals surface area contributed by atoms with Crippen molar-refractivity contribution in [2.24, 2.45) is 23.2 Å². The van der Waals surface area contributed by atoms with Gasteiger partial charge in [-0.05, 0) is 41.7 Å². The summed E-state index contributed by atoms with van der Waals surface area (Å²) in [6, 6.07) is 19.3. The maximum Gasteiger partial charge on any atom is 0.412 e. The van der Waals surface area contributed by atoms with E-state index < -0.39 is 35.2 Å². The highest BCUT2D eigenvalue weighted by atomic mass is 19.4. The van der Waals surface area contributed by atoms with Crippen molar-refractivity contribution in [3.8, 4) is 6.07 Å². The molecule has 0 bridgehead atoms. The molecule has 0 spiro atoms. The molecule has 2 saturated carbocycles. The zero-order chi connectivity index (χ0) is 22.4. The average Bonchev–Trinajstić information content (AvgIpc) is 3.55. The molecule has 0 aromatic heterocycles. The molecular formula is C25H22F3NO2. The van der Waals surface area contributed by atoms with Gasteiger partial charge in [0.2, 0.25) is 6.10 Å². The van der Waals surface area contributed by atoms with E-state index in [1.54, 1.807) is 13.0 Å². The third-order valence-electron chi connectivity index (χ3n) is 6.62. The summed E-state index contributed by atoms with van der Waals surface area (Å²) >= 11 is 0. The van der Waals surface area contributed by atoms with Crippen LogP contribution >= 0.6 is 0 Å². The maximum atomic E-state index is 12.7. The first-order valence-corrected chi connectivity index (χ1v) is 10.1. The van der Waals surface area contributed by atoms with E-state index >= 15 is 0 Å². The van der Waals surface area contributed by atoms with Crippen molar-refractivity contribution < 1.29 is 22.7 Å². The van der Waals surface area contributed by atoms with Gasteiger partial charge in [-0.1, -0.05) is 67.6 Å². The van der Waals surface area contributed by atoms with Gasteiger partial charge in [-0.15, -0.1) is 0 Å². The van der Waals surface area contributed by atoms with E-state index in [2.05, 4.69) is 0 Å². The summed E-state index contributed by atoms with van der Waals surface area (Å²) in [5.74, 6) is -1.36. The van der Waals surface area contributed by atoms with Crippen LogP contribution in [-0.4, -0.2) is 12.1 Å². The topological polar surface area (TPSA) is 50.1 Å². The number of nitriles is 1. The molecule has 160 valence electrons. The molecule has 0 amide bonds. The summed E-state index contributed by atoms with van der Waals surface area (Å²) in [5.41, 5.74) is 1.59. The van der Waals surface area contributed by atoms with Gasteiger partial charge >= 0.3 is 12.1 Å². The van der Waals surface area contributed by atoms with Gasteiger partial charge in [0.25, 0.3) is 0 Å². The Bertz CT molecular complexity index is 1070. The first-order valence-electron chi connectivity index (χ1n) is 10.1. The molecule has 2 fully saturated rings. The number of hydrogen-bond acceptors (Lipinski definition) is 3. The molecule has 2 aliphatic rings. The summed E-state index contributed by atoms with van der Waals surface area (Å²) in [5, 5.41) is 9.55. The van der Waals surface area contributed by atoms with Crippen LogP contribution in [0, 0.1) is 34.5 Å². The van der Waals surface area contributed by atoms with Crippen LogP contribution in [0.1, 0.15) is 36.6 Å². The molecule has 4 rings (SSSR count). The molecule has 2 aromatic rings. The zero-order valence-corrected chi connectivity index (χ0v) is 17.2. The van der Waals surface area contributed by atoms with Crippen LogP contribution in [0.2, 0.25) is 0 Å². The molecule has 31 heavy (non-hydrogen) atoms. The first-order chi connectivity index (χ1) is 14.7. The summed E-state index contributed by atoms with van der Waals surface area (Å²) in [7, 11) is 0. The maximum absolute atomic E-state index is 12.7. The quantitative estimate of drug-likeness (QED) is 0.436. The average molecular weight is 425 g/mol. The third kappa shape index (κ3) is 3.97. The number of ether oxygens (including phenoxy) is 1. The monoisotopic (exact) mass is 425 g/mol. The molecule has 0 heterocycles. The Morgan fingerprint density at radius 2 is 1.84 bits per heavy atom. The fourth-order valence-corrected chi connectivity index (χ4v) is 4.57. The number of allylic oxidation sites excluding steroid dienone is 2. The number of fused-ring (bicyclic) bond motifs is 1. The molecule has 5 unspecified atom stereocenters. The summed E-state index contributed by atoms with van der Waals surface area (Å²) in [6.07, 6.45) is -3.49. The van der Waals surface area contributed by atoms with Crippen molar-refractivity contribution in [1.29, 1.82) is 5.26 Å². The van der Waals surface area contributed by atoms with Gasteiger partial charge in [0, 0.05) is 11.1 Å². The molecule has 2 aromatic carbocycles. The fourth-order valence-electron chi connectivity index (χ4n) is 4.57. The van der Waals surface area contributed by atoms with Crippen LogP contribution in [0.3, 0.4) is 0 Å². The molecule has 0 N–H and O–H groups in total. The Balaban J connectivity index is 1.39. The highest BCUT2D eigenvalue weighted by molar-refractivity contribution is 5.82. The predicted octanol–water partition coefficient (Wildman–Crippen LogP) is 5.78. The second-order valence-corrected chi connectivity index (χ2v) is 8.60. The van der Waals surface area contributed by atoms with Crippen LogP contribution in [-0.2, 0) is 16.0 Å². The van der Waals surface area contributed by atoms with E-state index in [1.165, 1.54) is 6.08 Å². The first kappa shape index (κ1) is 21.2. The fraction of sp³-hybridized carbons (Fsp3) is 0.360. The Kier molecular flexibility index (Phi) is 5.17. The lowest BCUT2D eigenvalue weighted by Crippen LogP contribution is -2.21. The highest BCUT2D eigenvalue weighted by Gasteiger charge is 2.85. The molecule has 5 atom stereocenters. The molecule has 6 heteroatoms. The van der Waals surface area contributed by atoms with Gasteiger partial charge in [-0.25, -0.2) is 0 Å². The minimum absolute atomic E-state index is 0.138. The van der Waals surface area contributed by atoms with Crippen LogP contribution in [0.5, 0.6) is 0 Å². The number of nitrogens with zero attached hydrogens (tertiary/aromatic N) is 1. The molecule has 0 saturated heterocycles. The van der Waals surface area contributed by atoms with Crippen LogP contribution in [0.4, 0.5) is 13.2 Å². The van der Waals surface area contributed by atoms with Gasteiger partial charge in [-0.2, -0.15) is 18.4 Å². The largest absolute Gasteiger partial charge is 0.442 e. The lowest BCUT2D eigenvalue weighted by Gasteiger charge is -2.17. The Labute approximate surface area is 179 Å². The Hall–Kier alpha value is -3.07. The minimum atomic E-state index is -4.35. The smallest absolute Gasteiger partial charge is 0.412 e. The van der Waals surface area contributed by atoms with Gasteiger partial charge in [0.15, 0.2) is 0 Å². The minimum Gasteiger partial charge on any atom is -0.442 e. The molecule has 0 radical (unpaired) electrons. The number of rotatable bonds is 6. The van der Waals surface area contributed by atoms with E-state index in [1.807, 2.05) is 54.6 Å². The number of halogens is 3. The van der Waals surface area contributed by atoms with E-state index in [0.717, 1.165) is 18.1 Å². The van der Waals surface area contributed by atoms with Gasteiger partial charge in [0.1, 0.15) is 6.07 Å². The molecule has 0 aliphatic heterocycles.